The van der Waals surface area contributed by atoms with Crippen molar-refractivity contribution in [2.45, 2.75) is 39.9 Å². The van der Waals surface area contributed by atoms with Crippen LogP contribution in [0.5, 0.6) is 0 Å². The van der Waals surface area contributed by atoms with Crippen molar-refractivity contribution in [2.75, 3.05) is 39.9 Å². The van der Waals surface area contributed by atoms with Crippen molar-refractivity contribution in [2.24, 2.45) is 20.4 Å². The third kappa shape index (κ3) is 5.61. The monoisotopic (exact) mass is 545 g/mol. The fourth-order valence-corrected chi connectivity index (χ4v) is 5.07. The maximum absolute atomic E-state index is 15.4. The van der Waals surface area contributed by atoms with Crippen molar-refractivity contribution in [1.82, 2.24) is 19.6 Å². The number of halogens is 4. The zero-order valence-corrected chi connectivity index (χ0v) is 22.4. The van der Waals surface area contributed by atoms with Gasteiger partial charge in [0, 0.05) is 50.9 Å². The minimum Gasteiger partial charge on any atom is -0.309 e. The summed E-state index contributed by atoms with van der Waals surface area (Å²) < 4.78 is 55.3. The molecule has 12 heteroatoms. The molecule has 0 N–H and O–H groups in total. The number of carbonyl (C=O) groups excluding carboxylic acids is 1. The molecule has 39 heavy (non-hydrogen) atoms. The highest BCUT2D eigenvalue weighted by Gasteiger charge is 2.43. The van der Waals surface area contributed by atoms with E-state index >= 15 is 4.39 Å². The molecule has 2 amide bonds. The van der Waals surface area contributed by atoms with Crippen LogP contribution in [-0.2, 0) is 6.54 Å². The molecule has 0 aliphatic carbocycles. The van der Waals surface area contributed by atoms with Crippen molar-refractivity contribution < 1.29 is 22.4 Å². The van der Waals surface area contributed by atoms with E-state index in [0.717, 1.165) is 10.6 Å². The molecule has 0 atom stereocenters. The number of amides is 2. The van der Waals surface area contributed by atoms with Gasteiger partial charge in [-0.15, -0.1) is 0 Å². The summed E-state index contributed by atoms with van der Waals surface area (Å²) in [5, 5.41) is 0. The lowest BCUT2D eigenvalue weighted by Crippen LogP contribution is -2.56. The molecule has 8 nitrogen and oxygen atoms in total. The Morgan fingerprint density at radius 2 is 1.79 bits per heavy atom. The number of fused-ring (bicyclic) bond motifs is 3. The number of piperazine rings is 1. The molecule has 2 saturated heterocycles. The number of hydrogen-bond acceptors (Lipinski definition) is 6. The van der Waals surface area contributed by atoms with Gasteiger partial charge in [-0.3, -0.25) is 14.7 Å². The summed E-state index contributed by atoms with van der Waals surface area (Å²) in [7, 11) is 1.68. The van der Waals surface area contributed by atoms with Crippen molar-refractivity contribution in [3.63, 3.8) is 0 Å². The molecule has 0 aromatic heterocycles. The standard InChI is InChI=1S/C27H31F4N7O/c1-26(2,3)15-38-18-6-8-21(34-22(12-18)35(4)25(38)39)19-7-5-17(11-20(19)28)13-36-9-10-37-23(14-36)32-16-33-24(37)27(29,30)31/h5-8,11H,9-10,12-16H2,1-4H3. The Labute approximate surface area is 224 Å². The van der Waals surface area contributed by atoms with E-state index in [4.69, 9.17) is 0 Å². The zero-order chi connectivity index (χ0) is 28.1. The van der Waals surface area contributed by atoms with Gasteiger partial charge in [-0.25, -0.2) is 24.2 Å². The van der Waals surface area contributed by atoms with Gasteiger partial charge in [-0.2, -0.15) is 13.2 Å². The number of urea groups is 1. The van der Waals surface area contributed by atoms with Crippen LogP contribution < -0.4 is 0 Å². The number of amidine groups is 3. The number of aliphatic imine (C=N–C) groups is 3. The molecule has 1 aromatic rings. The summed E-state index contributed by atoms with van der Waals surface area (Å²) >= 11 is 0. The van der Waals surface area contributed by atoms with E-state index < -0.39 is 17.8 Å². The molecule has 2 fully saturated rings. The molecular formula is C27H31F4N7O. The van der Waals surface area contributed by atoms with Crippen LogP contribution in [0.3, 0.4) is 0 Å². The molecule has 0 radical (unpaired) electrons. The number of nitrogens with zero attached hydrogens (tertiary/aromatic N) is 7. The second-order valence-electron chi connectivity index (χ2n) is 11.3. The maximum Gasteiger partial charge on any atom is 0.449 e. The molecular weight excluding hydrogens is 514 g/mol. The molecule has 4 aliphatic rings. The van der Waals surface area contributed by atoms with E-state index in [1.54, 1.807) is 30.2 Å². The van der Waals surface area contributed by atoms with Crippen LogP contribution in [0, 0.1) is 11.2 Å². The van der Waals surface area contributed by atoms with Gasteiger partial charge in [0.25, 0.3) is 0 Å². The number of rotatable bonds is 4. The molecule has 4 aliphatic heterocycles. The predicted molar refractivity (Wildman–Crippen MR) is 142 cm³/mol. The number of allylic oxidation sites excluding steroid dienone is 2. The highest BCUT2D eigenvalue weighted by atomic mass is 19.4. The second-order valence-corrected chi connectivity index (χ2v) is 11.3. The smallest absolute Gasteiger partial charge is 0.309 e. The van der Waals surface area contributed by atoms with Crippen LogP contribution in [0.25, 0.3) is 5.70 Å². The summed E-state index contributed by atoms with van der Waals surface area (Å²) in [6.07, 6.45) is -0.490. The van der Waals surface area contributed by atoms with Gasteiger partial charge in [-0.05, 0) is 35.3 Å². The van der Waals surface area contributed by atoms with Gasteiger partial charge in [0.05, 0.1) is 12.2 Å². The lowest BCUT2D eigenvalue weighted by molar-refractivity contribution is -0.0673. The molecule has 1 aromatic carbocycles. The minimum atomic E-state index is -4.53. The van der Waals surface area contributed by atoms with Crippen molar-refractivity contribution >= 4 is 29.2 Å². The summed E-state index contributed by atoms with van der Waals surface area (Å²) in [5.41, 5.74) is 2.14. The van der Waals surface area contributed by atoms with E-state index in [1.807, 2.05) is 11.0 Å². The molecule has 4 heterocycles. The highest BCUT2D eigenvalue weighted by Crippen LogP contribution is 2.32. The normalized spacial score (nSPS) is 20.6. The number of alkyl halides is 3. The predicted octanol–water partition coefficient (Wildman–Crippen LogP) is 4.71. The number of carbonyl (C=O) groups is 1. The van der Waals surface area contributed by atoms with E-state index in [0.29, 0.717) is 54.6 Å². The Kier molecular flexibility index (Phi) is 6.86. The topological polar surface area (TPSA) is 67.1 Å². The van der Waals surface area contributed by atoms with Gasteiger partial charge in [0.15, 0.2) is 0 Å². The van der Waals surface area contributed by atoms with Crippen molar-refractivity contribution in [3.05, 3.63) is 53.0 Å². The van der Waals surface area contributed by atoms with E-state index in [9.17, 15) is 18.0 Å². The molecule has 0 saturated carbocycles. The average molecular weight is 546 g/mol. The van der Waals surface area contributed by atoms with Gasteiger partial charge in [0.2, 0.25) is 5.84 Å². The number of hydrogen-bond donors (Lipinski definition) is 0. The Balaban J connectivity index is 1.32. The Hall–Kier alpha value is -3.54. The average Bonchev–Trinajstić information content (AvgIpc) is 3.05. The van der Waals surface area contributed by atoms with E-state index in [-0.39, 0.29) is 31.2 Å². The van der Waals surface area contributed by atoms with Gasteiger partial charge in [-0.1, -0.05) is 26.8 Å². The lowest BCUT2D eigenvalue weighted by Gasteiger charge is -2.39. The third-order valence-corrected chi connectivity index (χ3v) is 6.92. The van der Waals surface area contributed by atoms with Gasteiger partial charge >= 0.3 is 12.2 Å². The third-order valence-electron chi connectivity index (χ3n) is 6.92. The fourth-order valence-electron chi connectivity index (χ4n) is 5.07. The zero-order valence-electron chi connectivity index (χ0n) is 22.4. The summed E-state index contributed by atoms with van der Waals surface area (Å²) in [5.74, 6) is -0.497. The Morgan fingerprint density at radius 3 is 2.49 bits per heavy atom. The second kappa shape index (κ2) is 9.89. The minimum absolute atomic E-state index is 0.1000. The highest BCUT2D eigenvalue weighted by molar-refractivity contribution is 6.06. The van der Waals surface area contributed by atoms with Crippen LogP contribution in [0.4, 0.5) is 22.4 Å². The van der Waals surface area contributed by atoms with Crippen molar-refractivity contribution in [1.29, 1.82) is 0 Å². The van der Waals surface area contributed by atoms with Crippen LogP contribution in [0.2, 0.25) is 0 Å². The van der Waals surface area contributed by atoms with Crippen LogP contribution in [0.1, 0.15) is 38.3 Å². The van der Waals surface area contributed by atoms with Crippen LogP contribution in [-0.4, -0.2) is 89.2 Å². The molecule has 5 rings (SSSR count). The fraction of sp³-hybridized carbons (Fsp3) is 0.481. The van der Waals surface area contributed by atoms with E-state index in [1.165, 1.54) is 11.0 Å². The van der Waals surface area contributed by atoms with Crippen molar-refractivity contribution in [3.8, 4) is 0 Å². The first-order valence-electron chi connectivity index (χ1n) is 12.8. The first-order chi connectivity index (χ1) is 18.3. The number of benzene rings is 1. The van der Waals surface area contributed by atoms with Gasteiger partial charge in [0.1, 0.15) is 24.2 Å². The molecule has 0 spiro atoms. The largest absolute Gasteiger partial charge is 0.449 e. The summed E-state index contributed by atoms with van der Waals surface area (Å²) in [6, 6.07) is 4.72. The van der Waals surface area contributed by atoms with E-state index in [2.05, 4.69) is 35.7 Å². The van der Waals surface area contributed by atoms with Crippen LogP contribution >= 0.6 is 0 Å². The van der Waals surface area contributed by atoms with Crippen LogP contribution in [0.15, 0.2) is 51.0 Å². The summed E-state index contributed by atoms with van der Waals surface area (Å²) in [4.78, 5) is 31.7. The Bertz CT molecular complexity index is 1340. The first-order valence-corrected chi connectivity index (χ1v) is 12.8. The molecule has 0 unspecified atom stereocenters. The lowest BCUT2D eigenvalue weighted by atomic mass is 9.95. The summed E-state index contributed by atoms with van der Waals surface area (Å²) in [6.45, 7) is 7.54. The maximum atomic E-state index is 15.4. The first kappa shape index (κ1) is 27.0. The molecule has 2 bridgehead atoms. The van der Waals surface area contributed by atoms with Gasteiger partial charge < -0.3 is 4.90 Å². The molecule has 208 valence electrons. The Morgan fingerprint density at radius 1 is 1.03 bits per heavy atom. The quantitative estimate of drug-likeness (QED) is 0.515. The SMILES string of the molecule is CN1C(=O)N(CC(C)(C)C)C2=CC=C(c3ccc(CN4CCN5C(=NCN=C5C(F)(F)F)C4)cc3F)N=C1C2.